The Morgan fingerprint density at radius 3 is 2.53 bits per heavy atom. The molecule has 286 valence electrons. The average molecular weight is 845 g/mol. The van der Waals surface area contributed by atoms with E-state index < -0.39 is 15.8 Å². The van der Waals surface area contributed by atoms with E-state index in [1.165, 1.54) is 37.6 Å². The third-order valence-corrected chi connectivity index (χ3v) is 13.1. The predicted molar refractivity (Wildman–Crippen MR) is 223 cm³/mol. The van der Waals surface area contributed by atoms with Crippen molar-refractivity contribution < 1.29 is 27.1 Å². The summed E-state index contributed by atoms with van der Waals surface area (Å²) in [5.74, 6) is 0.587. The van der Waals surface area contributed by atoms with E-state index in [2.05, 4.69) is 48.5 Å². The Balaban J connectivity index is 1.23. The lowest BCUT2D eigenvalue weighted by atomic mass is 9.88. The first-order valence-electron chi connectivity index (χ1n) is 17.8. The minimum absolute atomic E-state index is 0.0256. The Bertz CT molecular complexity index is 2440. The summed E-state index contributed by atoms with van der Waals surface area (Å²) in [6.45, 7) is 10.2. The topological polar surface area (TPSA) is 92.4 Å². The predicted octanol–water partition coefficient (Wildman–Crippen LogP) is 11.1. The van der Waals surface area contributed by atoms with Gasteiger partial charge in [-0.15, -0.1) is 11.8 Å². The van der Waals surface area contributed by atoms with E-state index in [4.69, 9.17) is 14.6 Å². The summed E-state index contributed by atoms with van der Waals surface area (Å²) >= 11 is 5.23. The molecular weight excluding hydrogens is 802 g/mol. The maximum atomic E-state index is 15.9. The molecule has 12 heteroatoms. The molecule has 0 fully saturated rings. The van der Waals surface area contributed by atoms with Crippen molar-refractivity contribution in [3.8, 4) is 22.8 Å². The number of rotatable bonds is 16. The molecule has 0 saturated carbocycles. The zero-order valence-corrected chi connectivity index (χ0v) is 34.4. The molecule has 0 aliphatic carbocycles. The quantitative estimate of drug-likeness (QED) is 0.0896. The van der Waals surface area contributed by atoms with Gasteiger partial charge in [0.1, 0.15) is 5.75 Å². The van der Waals surface area contributed by atoms with Gasteiger partial charge in [-0.25, -0.2) is 16.8 Å². The van der Waals surface area contributed by atoms with Gasteiger partial charge < -0.3 is 9.47 Å². The van der Waals surface area contributed by atoms with Gasteiger partial charge in [-0.3, -0.25) is 9.48 Å². The maximum Gasteiger partial charge on any atom is 0.315 e. The van der Waals surface area contributed by atoms with Gasteiger partial charge in [0.25, 0.3) is 10.0 Å². The number of hydrogen-bond donors (Lipinski definition) is 0. The molecule has 0 N–H and O–H groups in total. The number of fused-ring (bicyclic) bond motifs is 1. The number of carbonyl (C=O) groups excluding carboxylic acids is 1. The molecule has 6 rings (SSSR count). The number of aromatic nitrogens is 3. The number of nitrogens with zero attached hydrogens (tertiary/aromatic N) is 3. The lowest BCUT2D eigenvalue weighted by Crippen LogP contribution is -2.18. The van der Waals surface area contributed by atoms with Crippen molar-refractivity contribution in [1.29, 1.82) is 0 Å². The van der Waals surface area contributed by atoms with Crippen LogP contribution >= 0.6 is 27.7 Å². The van der Waals surface area contributed by atoms with Crippen molar-refractivity contribution >= 4 is 60.7 Å². The van der Waals surface area contributed by atoms with Crippen LogP contribution < -0.4 is 4.74 Å². The smallest absolute Gasteiger partial charge is 0.315 e. The first kappa shape index (κ1) is 40.0. The largest absolute Gasteiger partial charge is 0.468 e. The van der Waals surface area contributed by atoms with Crippen LogP contribution in [0.2, 0.25) is 0 Å². The number of esters is 1. The molecule has 8 nitrogen and oxygen atoms in total. The fraction of sp³-hybridized carbons (Fsp3) is 0.256. The molecule has 0 bridgehead atoms. The molecule has 0 aliphatic rings. The van der Waals surface area contributed by atoms with Crippen LogP contribution in [0.4, 0.5) is 4.39 Å². The number of thioether (sulfide) groups is 1. The Kier molecular flexibility index (Phi) is 12.4. The molecule has 0 radical (unpaired) electrons. The standard InChI is InChI=1S/C43H43BrFN3O5S2/c1-6-35-36-19-23-48(55(50,51)34-17-15-29(2)16-18-34)40(36)26-37(45)42(35)53-33-13-8-10-30(25-33)38-20-22-47(46-38)39(31-11-7-12-32(44)24-31)14-9-21-43(3,4)28-54-27-41(49)52-5/h6-8,10-13,15-20,22-26,39H,1,9,14,21,27-28H2,2-5H3. The Morgan fingerprint density at radius 1 is 1.04 bits per heavy atom. The molecule has 0 saturated heterocycles. The van der Waals surface area contributed by atoms with Gasteiger partial charge in [0.15, 0.2) is 11.6 Å². The van der Waals surface area contributed by atoms with Crippen LogP contribution in [0.25, 0.3) is 28.2 Å². The van der Waals surface area contributed by atoms with Crippen LogP contribution in [0.15, 0.2) is 119 Å². The Morgan fingerprint density at radius 2 is 1.80 bits per heavy atom. The number of halogens is 2. The van der Waals surface area contributed by atoms with E-state index in [1.807, 2.05) is 48.1 Å². The zero-order chi connectivity index (χ0) is 39.3. The summed E-state index contributed by atoms with van der Waals surface area (Å²) < 4.78 is 58.0. The van der Waals surface area contributed by atoms with Crippen LogP contribution in [0.3, 0.4) is 0 Å². The molecular formula is C43H43BrFN3O5S2. The minimum atomic E-state index is -3.98. The first-order chi connectivity index (χ1) is 26.3. The number of methoxy groups -OCH3 is 1. The van der Waals surface area contributed by atoms with Crippen molar-refractivity contribution in [3.63, 3.8) is 0 Å². The van der Waals surface area contributed by atoms with Crippen LogP contribution in [-0.4, -0.2) is 46.8 Å². The number of ether oxygens (including phenoxy) is 2. The molecule has 4 aromatic carbocycles. The summed E-state index contributed by atoms with van der Waals surface area (Å²) in [7, 11) is -2.57. The fourth-order valence-electron chi connectivity index (χ4n) is 6.56. The molecule has 2 heterocycles. The normalized spacial score (nSPS) is 12.5. The monoisotopic (exact) mass is 843 g/mol. The Hall–Kier alpha value is -4.65. The molecule has 1 atom stereocenters. The van der Waals surface area contributed by atoms with Crippen LogP contribution in [0, 0.1) is 18.2 Å². The zero-order valence-electron chi connectivity index (χ0n) is 31.2. The number of benzene rings is 4. The summed E-state index contributed by atoms with van der Waals surface area (Å²) in [4.78, 5) is 11.7. The highest BCUT2D eigenvalue weighted by Crippen LogP contribution is 2.38. The SMILES string of the molecule is C=Cc1c(Oc2cccc(-c3ccn(C(CCCC(C)(C)CSCC(=O)OC)c4cccc(Br)c4)n3)c2)c(F)cc2c1ccn2S(=O)(=O)c1ccc(C)cc1. The van der Waals surface area contributed by atoms with E-state index in [9.17, 15) is 13.2 Å². The molecule has 1 unspecified atom stereocenters. The van der Waals surface area contributed by atoms with Crippen molar-refractivity contribution in [2.75, 3.05) is 18.6 Å². The van der Waals surface area contributed by atoms with E-state index in [1.54, 1.807) is 42.1 Å². The molecule has 55 heavy (non-hydrogen) atoms. The second kappa shape index (κ2) is 17.0. The van der Waals surface area contributed by atoms with Crippen LogP contribution in [0.5, 0.6) is 11.5 Å². The minimum Gasteiger partial charge on any atom is -0.468 e. The lowest BCUT2D eigenvalue weighted by Gasteiger charge is -2.26. The number of aryl methyl sites for hydroxylation is 1. The van der Waals surface area contributed by atoms with Crippen molar-refractivity contribution in [1.82, 2.24) is 13.8 Å². The van der Waals surface area contributed by atoms with Crippen LogP contribution in [0.1, 0.15) is 55.8 Å². The van der Waals surface area contributed by atoms with Gasteiger partial charge in [-0.1, -0.05) is 90.8 Å². The molecule has 0 aliphatic heterocycles. The average Bonchev–Trinajstić information content (AvgIpc) is 3.82. The Labute approximate surface area is 334 Å². The highest BCUT2D eigenvalue weighted by atomic mass is 79.9. The van der Waals surface area contributed by atoms with E-state index in [0.717, 1.165) is 55.8 Å². The second-order valence-corrected chi connectivity index (χ2v) is 17.9. The van der Waals surface area contributed by atoms with Gasteiger partial charge in [0, 0.05) is 39.4 Å². The van der Waals surface area contributed by atoms with Crippen molar-refractivity contribution in [2.45, 2.75) is 51.0 Å². The lowest BCUT2D eigenvalue weighted by molar-refractivity contribution is -0.137. The third-order valence-electron chi connectivity index (χ3n) is 9.47. The highest BCUT2D eigenvalue weighted by Gasteiger charge is 2.24. The van der Waals surface area contributed by atoms with Gasteiger partial charge in [0.05, 0.1) is 35.0 Å². The summed E-state index contributed by atoms with van der Waals surface area (Å²) in [5.41, 5.74) is 4.12. The van der Waals surface area contributed by atoms with Gasteiger partial charge in [0.2, 0.25) is 0 Å². The number of carbonyl (C=O) groups is 1. The molecule has 0 spiro atoms. The van der Waals surface area contributed by atoms with Gasteiger partial charge >= 0.3 is 5.97 Å². The van der Waals surface area contributed by atoms with E-state index in [-0.39, 0.29) is 33.6 Å². The van der Waals surface area contributed by atoms with Crippen LogP contribution in [-0.2, 0) is 19.6 Å². The first-order valence-corrected chi connectivity index (χ1v) is 21.2. The summed E-state index contributed by atoms with van der Waals surface area (Å²) in [5, 5.41) is 5.50. The molecule has 0 amide bonds. The third kappa shape index (κ3) is 9.25. The summed E-state index contributed by atoms with van der Waals surface area (Å²) in [6, 6.07) is 26.8. The van der Waals surface area contributed by atoms with Gasteiger partial charge in [-0.2, -0.15) is 5.10 Å². The van der Waals surface area contributed by atoms with Gasteiger partial charge in [-0.05, 0) is 85.0 Å². The highest BCUT2D eigenvalue weighted by molar-refractivity contribution is 9.10. The molecule has 2 aromatic heterocycles. The fourth-order valence-corrected chi connectivity index (χ4v) is 9.39. The van der Waals surface area contributed by atoms with Crippen molar-refractivity contribution in [3.05, 3.63) is 137 Å². The molecule has 6 aromatic rings. The number of hydrogen-bond acceptors (Lipinski definition) is 7. The van der Waals surface area contributed by atoms with E-state index >= 15 is 4.39 Å². The van der Waals surface area contributed by atoms with Crippen molar-refractivity contribution in [2.24, 2.45) is 5.41 Å². The summed E-state index contributed by atoms with van der Waals surface area (Å²) in [6.07, 6.45) is 7.64. The maximum absolute atomic E-state index is 15.9. The second-order valence-electron chi connectivity index (χ2n) is 14.2. The van der Waals surface area contributed by atoms with E-state index in [0.29, 0.717) is 22.5 Å².